The highest BCUT2D eigenvalue weighted by atomic mass is 35.5. The Morgan fingerprint density at radius 2 is 1.57 bits per heavy atom. The van der Waals surface area contributed by atoms with Crippen molar-refractivity contribution in [1.29, 1.82) is 0 Å². The zero-order valence-electron chi connectivity index (χ0n) is 12.1. The lowest BCUT2D eigenvalue weighted by molar-refractivity contribution is 0.319. The SMILES string of the molecule is COc1ccc(Cl)cc1-c1cc(/C(C)=N/O)ccc1OC. The van der Waals surface area contributed by atoms with Crippen LogP contribution in [-0.2, 0) is 0 Å². The number of hydrogen-bond acceptors (Lipinski definition) is 4. The molecule has 1 N–H and O–H groups in total. The van der Waals surface area contributed by atoms with Crippen LogP contribution in [0.2, 0.25) is 5.02 Å². The number of benzene rings is 2. The highest BCUT2D eigenvalue weighted by Gasteiger charge is 2.13. The van der Waals surface area contributed by atoms with E-state index >= 15 is 0 Å². The molecule has 0 heterocycles. The van der Waals surface area contributed by atoms with Gasteiger partial charge in [-0.15, -0.1) is 0 Å². The first-order valence-corrected chi connectivity index (χ1v) is 6.69. The molecule has 0 amide bonds. The molecule has 2 aromatic rings. The van der Waals surface area contributed by atoms with Gasteiger partial charge in [0.15, 0.2) is 0 Å². The molecular weight excluding hydrogens is 290 g/mol. The van der Waals surface area contributed by atoms with E-state index < -0.39 is 0 Å². The molecule has 0 fully saturated rings. The Balaban J connectivity index is 2.69. The van der Waals surface area contributed by atoms with Crippen molar-refractivity contribution in [1.82, 2.24) is 0 Å². The van der Waals surface area contributed by atoms with Crippen LogP contribution in [0.25, 0.3) is 11.1 Å². The summed E-state index contributed by atoms with van der Waals surface area (Å²) in [5.74, 6) is 1.37. The first kappa shape index (κ1) is 15.2. The zero-order valence-corrected chi connectivity index (χ0v) is 12.8. The predicted molar refractivity (Wildman–Crippen MR) is 84.0 cm³/mol. The van der Waals surface area contributed by atoms with Crippen LogP contribution in [0, 0.1) is 0 Å². The Bertz CT molecular complexity index is 683. The maximum atomic E-state index is 8.93. The largest absolute Gasteiger partial charge is 0.496 e. The molecule has 0 aliphatic heterocycles. The Hall–Kier alpha value is -2.20. The molecule has 110 valence electrons. The van der Waals surface area contributed by atoms with E-state index in [2.05, 4.69) is 5.16 Å². The Morgan fingerprint density at radius 3 is 2.14 bits per heavy atom. The molecule has 0 aliphatic carbocycles. The summed E-state index contributed by atoms with van der Waals surface area (Å²) in [6, 6.07) is 10.9. The number of rotatable bonds is 4. The van der Waals surface area contributed by atoms with Gasteiger partial charge in [-0.05, 0) is 48.9 Å². The zero-order chi connectivity index (χ0) is 15.4. The van der Waals surface area contributed by atoms with Crippen molar-refractivity contribution in [2.75, 3.05) is 14.2 Å². The highest BCUT2D eigenvalue weighted by molar-refractivity contribution is 6.31. The lowest BCUT2D eigenvalue weighted by atomic mass is 9.99. The molecule has 21 heavy (non-hydrogen) atoms. The molecule has 2 rings (SSSR count). The number of ether oxygens (including phenoxy) is 2. The summed E-state index contributed by atoms with van der Waals surface area (Å²) in [7, 11) is 3.20. The third-order valence-corrected chi connectivity index (χ3v) is 3.45. The van der Waals surface area contributed by atoms with Gasteiger partial charge in [-0.2, -0.15) is 0 Å². The maximum Gasteiger partial charge on any atom is 0.126 e. The van der Waals surface area contributed by atoms with Gasteiger partial charge in [-0.1, -0.05) is 16.8 Å². The number of nitrogens with zero attached hydrogens (tertiary/aromatic N) is 1. The minimum absolute atomic E-state index is 0.514. The van der Waals surface area contributed by atoms with E-state index in [1.54, 1.807) is 33.3 Å². The first-order valence-electron chi connectivity index (χ1n) is 6.31. The topological polar surface area (TPSA) is 51.0 Å². The average molecular weight is 306 g/mol. The fourth-order valence-corrected chi connectivity index (χ4v) is 2.26. The van der Waals surface area contributed by atoms with Crippen LogP contribution in [0.4, 0.5) is 0 Å². The van der Waals surface area contributed by atoms with E-state index in [0.29, 0.717) is 22.2 Å². The van der Waals surface area contributed by atoms with Gasteiger partial charge in [0.1, 0.15) is 11.5 Å². The average Bonchev–Trinajstić information content (AvgIpc) is 2.53. The van der Waals surface area contributed by atoms with Crippen molar-refractivity contribution in [3.8, 4) is 22.6 Å². The van der Waals surface area contributed by atoms with Crippen molar-refractivity contribution in [2.24, 2.45) is 5.16 Å². The number of oxime groups is 1. The van der Waals surface area contributed by atoms with Gasteiger partial charge in [0.05, 0.1) is 19.9 Å². The van der Waals surface area contributed by atoms with Crippen LogP contribution < -0.4 is 9.47 Å². The number of methoxy groups -OCH3 is 2. The molecule has 0 aliphatic rings. The molecule has 5 heteroatoms. The molecule has 2 aromatic carbocycles. The molecule has 0 radical (unpaired) electrons. The van der Waals surface area contributed by atoms with Gasteiger partial charge in [-0.25, -0.2) is 0 Å². The van der Waals surface area contributed by atoms with Crippen molar-refractivity contribution >= 4 is 17.3 Å². The van der Waals surface area contributed by atoms with E-state index in [1.165, 1.54) is 0 Å². The van der Waals surface area contributed by atoms with E-state index in [1.807, 2.05) is 24.3 Å². The van der Waals surface area contributed by atoms with Gasteiger partial charge in [0.25, 0.3) is 0 Å². The van der Waals surface area contributed by atoms with Crippen LogP contribution >= 0.6 is 11.6 Å². The summed E-state index contributed by atoms with van der Waals surface area (Å²) in [6.07, 6.45) is 0. The Morgan fingerprint density at radius 1 is 1.00 bits per heavy atom. The van der Waals surface area contributed by atoms with Crippen LogP contribution in [0.3, 0.4) is 0 Å². The van der Waals surface area contributed by atoms with E-state index in [9.17, 15) is 0 Å². The van der Waals surface area contributed by atoms with Gasteiger partial charge >= 0.3 is 0 Å². The fraction of sp³-hybridized carbons (Fsp3) is 0.188. The van der Waals surface area contributed by atoms with Crippen LogP contribution in [0.15, 0.2) is 41.6 Å². The Labute approximate surface area is 128 Å². The quantitative estimate of drug-likeness (QED) is 0.522. The minimum Gasteiger partial charge on any atom is -0.496 e. The smallest absolute Gasteiger partial charge is 0.126 e. The maximum absolute atomic E-state index is 8.93. The summed E-state index contributed by atoms with van der Waals surface area (Å²) < 4.78 is 10.8. The van der Waals surface area contributed by atoms with Gasteiger partial charge < -0.3 is 14.7 Å². The lowest BCUT2D eigenvalue weighted by Gasteiger charge is -2.14. The van der Waals surface area contributed by atoms with Gasteiger partial charge in [0.2, 0.25) is 0 Å². The molecule has 0 atom stereocenters. The van der Waals surface area contributed by atoms with Crippen molar-refractivity contribution in [3.05, 3.63) is 47.0 Å². The second-order valence-electron chi connectivity index (χ2n) is 4.45. The van der Waals surface area contributed by atoms with Gasteiger partial charge in [0, 0.05) is 16.1 Å². The number of halogens is 1. The second kappa shape index (κ2) is 6.50. The third-order valence-electron chi connectivity index (χ3n) is 3.22. The normalized spacial score (nSPS) is 11.3. The van der Waals surface area contributed by atoms with Crippen molar-refractivity contribution in [3.63, 3.8) is 0 Å². The molecule has 0 saturated carbocycles. The molecule has 0 bridgehead atoms. The van der Waals surface area contributed by atoms with Crippen LogP contribution in [-0.4, -0.2) is 25.1 Å². The summed E-state index contributed by atoms with van der Waals surface area (Å²) in [5, 5.41) is 12.8. The summed E-state index contributed by atoms with van der Waals surface area (Å²) >= 11 is 6.09. The Kier molecular flexibility index (Phi) is 4.70. The van der Waals surface area contributed by atoms with E-state index in [-0.39, 0.29) is 0 Å². The standard InChI is InChI=1S/C16H16ClNO3/c1-10(18-19)11-4-6-15(20-2)13(8-11)14-9-12(17)5-7-16(14)21-3/h4-9,19H,1-3H3/b18-10+. The monoisotopic (exact) mass is 305 g/mol. The molecule has 0 saturated heterocycles. The lowest BCUT2D eigenvalue weighted by Crippen LogP contribution is -1.98. The van der Waals surface area contributed by atoms with E-state index in [4.69, 9.17) is 26.3 Å². The van der Waals surface area contributed by atoms with Crippen LogP contribution in [0.5, 0.6) is 11.5 Å². The summed E-state index contributed by atoms with van der Waals surface area (Å²) in [5.41, 5.74) is 2.93. The first-order chi connectivity index (χ1) is 10.1. The van der Waals surface area contributed by atoms with Crippen molar-refractivity contribution in [2.45, 2.75) is 6.92 Å². The highest BCUT2D eigenvalue weighted by Crippen LogP contribution is 2.38. The fourth-order valence-electron chi connectivity index (χ4n) is 2.09. The predicted octanol–water partition coefficient (Wildman–Crippen LogP) is 4.22. The van der Waals surface area contributed by atoms with Crippen LogP contribution in [0.1, 0.15) is 12.5 Å². The summed E-state index contributed by atoms with van der Waals surface area (Å²) in [4.78, 5) is 0. The van der Waals surface area contributed by atoms with Crippen molar-refractivity contribution < 1.29 is 14.7 Å². The van der Waals surface area contributed by atoms with Gasteiger partial charge in [-0.3, -0.25) is 0 Å². The summed E-state index contributed by atoms with van der Waals surface area (Å²) in [6.45, 7) is 1.72. The third kappa shape index (κ3) is 3.11. The molecular formula is C16H16ClNO3. The molecule has 0 aromatic heterocycles. The molecule has 4 nitrogen and oxygen atoms in total. The van der Waals surface area contributed by atoms with E-state index in [0.717, 1.165) is 16.7 Å². The molecule has 0 spiro atoms. The second-order valence-corrected chi connectivity index (χ2v) is 4.88. The molecule has 0 unspecified atom stereocenters. The minimum atomic E-state index is 0.514. The number of hydrogen-bond donors (Lipinski definition) is 1.